The molecule has 5 rings (SSSR count). The average molecular weight is 628 g/mol. The van der Waals surface area contributed by atoms with Gasteiger partial charge in [0.05, 0.1) is 5.69 Å². The maximum Gasteiger partial charge on any atom is 0.273 e. The molecule has 0 bridgehead atoms. The van der Waals surface area contributed by atoms with Crippen molar-refractivity contribution >= 4 is 40.6 Å². The van der Waals surface area contributed by atoms with Crippen LogP contribution in [-0.2, 0) is 11.2 Å². The molecule has 0 saturated heterocycles. The zero-order chi connectivity index (χ0) is 31.9. The Labute approximate surface area is 267 Å². The van der Waals surface area contributed by atoms with Gasteiger partial charge in [0.15, 0.2) is 5.69 Å². The molecule has 1 saturated carbocycles. The van der Waals surface area contributed by atoms with Crippen molar-refractivity contribution in [3.8, 4) is 0 Å². The lowest BCUT2D eigenvalue weighted by Gasteiger charge is -2.32. The number of aryl methyl sites for hydroxylation is 2. The van der Waals surface area contributed by atoms with Crippen LogP contribution >= 0.6 is 11.5 Å². The normalized spacial score (nSPS) is 14.0. The lowest BCUT2D eigenvalue weighted by molar-refractivity contribution is -0.122. The number of carbonyl (C=O) groups is 3. The van der Waals surface area contributed by atoms with Crippen LogP contribution in [0.1, 0.15) is 80.6 Å². The summed E-state index contributed by atoms with van der Waals surface area (Å²) in [5.74, 6) is -1.91. The van der Waals surface area contributed by atoms with Gasteiger partial charge < -0.3 is 16.4 Å². The number of halogens is 1. The number of hydrogen-bond acceptors (Lipinski definition) is 6. The molecule has 0 unspecified atom stereocenters. The van der Waals surface area contributed by atoms with Gasteiger partial charge in [-0.25, -0.2) is 4.39 Å². The molecule has 1 aromatic heterocycles. The lowest BCUT2D eigenvalue weighted by Crippen LogP contribution is -2.44. The summed E-state index contributed by atoms with van der Waals surface area (Å²) in [4.78, 5) is 43.2. The Morgan fingerprint density at radius 1 is 0.978 bits per heavy atom. The van der Waals surface area contributed by atoms with Gasteiger partial charge in [-0.3, -0.25) is 19.3 Å². The molecule has 1 fully saturated rings. The molecular formula is C35H38FN5O3S. The Bertz CT molecular complexity index is 1630. The van der Waals surface area contributed by atoms with Crippen LogP contribution in [0.4, 0.5) is 15.8 Å². The fourth-order valence-corrected chi connectivity index (χ4v) is 6.57. The molecular weight excluding hydrogens is 589 g/mol. The van der Waals surface area contributed by atoms with Crippen LogP contribution in [0.15, 0.2) is 72.8 Å². The van der Waals surface area contributed by atoms with E-state index in [0.29, 0.717) is 24.2 Å². The number of hydrogen-bond donors (Lipinski definition) is 3. The first kappa shape index (κ1) is 31.8. The number of nitrogens with two attached hydrogens (primary N) is 1. The van der Waals surface area contributed by atoms with Crippen molar-refractivity contribution in [1.82, 2.24) is 15.0 Å². The van der Waals surface area contributed by atoms with E-state index in [2.05, 4.69) is 15.0 Å². The molecule has 4 aromatic rings. The second-order valence-corrected chi connectivity index (χ2v) is 12.4. The number of carbonyl (C=O) groups excluding carboxylic acids is 3. The smallest absolute Gasteiger partial charge is 0.273 e. The van der Waals surface area contributed by atoms with E-state index in [1.165, 1.54) is 29.2 Å². The van der Waals surface area contributed by atoms with Gasteiger partial charge in [-0.15, -0.1) is 0 Å². The summed E-state index contributed by atoms with van der Waals surface area (Å²) in [6.45, 7) is 4.13. The van der Waals surface area contributed by atoms with Crippen molar-refractivity contribution in [3.05, 3.63) is 111 Å². The Kier molecular flexibility index (Phi) is 10.2. The highest BCUT2D eigenvalue weighted by Crippen LogP contribution is 2.34. The van der Waals surface area contributed by atoms with E-state index < -0.39 is 29.6 Å². The number of rotatable bonds is 10. The summed E-state index contributed by atoms with van der Waals surface area (Å²) >= 11 is 0.829. The van der Waals surface area contributed by atoms with Gasteiger partial charge in [0.25, 0.3) is 11.8 Å². The highest BCUT2D eigenvalue weighted by molar-refractivity contribution is 7.09. The molecule has 0 aliphatic heterocycles. The van der Waals surface area contributed by atoms with Crippen LogP contribution in [0.5, 0.6) is 0 Å². The molecule has 8 nitrogen and oxygen atoms in total. The molecule has 1 aliphatic rings. The summed E-state index contributed by atoms with van der Waals surface area (Å²) in [6.07, 6.45) is 5.60. The molecule has 3 aromatic carbocycles. The molecule has 4 N–H and O–H groups in total. The van der Waals surface area contributed by atoms with Crippen molar-refractivity contribution in [2.45, 2.75) is 64.5 Å². The molecule has 1 aliphatic carbocycles. The zero-order valence-electron chi connectivity index (χ0n) is 25.5. The van der Waals surface area contributed by atoms with Crippen molar-refractivity contribution in [1.29, 1.82) is 0 Å². The van der Waals surface area contributed by atoms with E-state index in [-0.39, 0.29) is 22.3 Å². The predicted octanol–water partition coefficient (Wildman–Crippen LogP) is 6.29. The fraction of sp³-hybridized carbons (Fsp3) is 0.314. The number of aromatic nitrogens is 1. The Balaban J connectivity index is 1.51. The van der Waals surface area contributed by atoms with Gasteiger partial charge >= 0.3 is 0 Å². The summed E-state index contributed by atoms with van der Waals surface area (Å²) in [5.41, 5.74) is 10.1. The Morgan fingerprint density at radius 3 is 2.31 bits per heavy atom. The molecule has 0 spiro atoms. The van der Waals surface area contributed by atoms with Crippen molar-refractivity contribution in [3.63, 3.8) is 0 Å². The van der Waals surface area contributed by atoms with E-state index in [0.717, 1.165) is 60.3 Å². The van der Waals surface area contributed by atoms with E-state index >= 15 is 0 Å². The predicted molar refractivity (Wildman–Crippen MR) is 176 cm³/mol. The minimum Gasteiger partial charge on any atom is -0.395 e. The van der Waals surface area contributed by atoms with Gasteiger partial charge in [-0.05, 0) is 91.2 Å². The van der Waals surface area contributed by atoms with E-state index in [1.807, 2.05) is 62.4 Å². The van der Waals surface area contributed by atoms with Crippen LogP contribution in [0.3, 0.4) is 0 Å². The maximum absolute atomic E-state index is 14.5. The highest BCUT2D eigenvalue weighted by Gasteiger charge is 2.36. The van der Waals surface area contributed by atoms with Crippen LogP contribution in [0, 0.1) is 19.7 Å². The monoisotopic (exact) mass is 627 g/mol. The summed E-state index contributed by atoms with van der Waals surface area (Å²) < 4.78 is 18.3. The van der Waals surface area contributed by atoms with Crippen LogP contribution in [-0.4, -0.2) is 34.7 Å². The van der Waals surface area contributed by atoms with Gasteiger partial charge in [-0.2, -0.15) is 4.37 Å². The molecule has 0 radical (unpaired) electrons. The second-order valence-electron chi connectivity index (χ2n) is 11.6. The largest absolute Gasteiger partial charge is 0.395 e. The van der Waals surface area contributed by atoms with E-state index in [4.69, 9.17) is 5.73 Å². The van der Waals surface area contributed by atoms with E-state index in [1.54, 1.807) is 0 Å². The first-order valence-corrected chi connectivity index (χ1v) is 16.0. The average Bonchev–Trinajstić information content (AvgIpc) is 3.42. The fourth-order valence-electron chi connectivity index (χ4n) is 5.83. The number of amides is 3. The molecule has 1 atom stereocenters. The standard InChI is InChI=1S/C35H38FN5O3S/c1-22-19-23(2)21-28(20-22)41(35(44)32-29(37)30(40-45-32)33(42)39-27-11-7-4-8-12-27)31(25-13-15-26(36)16-14-25)34(43)38-18-17-24-9-5-3-6-10-24/h3,5-6,9-10,13-16,19-21,27,31H,4,7-8,11-12,17-18,37H2,1-2H3,(H,38,43)(H,39,42)/t31-/m0/s1. The Morgan fingerprint density at radius 2 is 1.64 bits per heavy atom. The van der Waals surface area contributed by atoms with Gasteiger partial charge in [-0.1, -0.05) is 67.8 Å². The SMILES string of the molecule is Cc1cc(C)cc(N(C(=O)c2snc(C(=O)NC3CCCCC3)c2N)[C@H](C(=O)NCCc2ccccc2)c2ccc(F)cc2)c1. The van der Waals surface area contributed by atoms with Crippen molar-refractivity contribution < 1.29 is 18.8 Å². The molecule has 234 valence electrons. The molecule has 10 heteroatoms. The number of nitrogens with one attached hydrogen (secondary N) is 2. The van der Waals surface area contributed by atoms with Crippen LogP contribution < -0.4 is 21.3 Å². The van der Waals surface area contributed by atoms with Crippen LogP contribution in [0.2, 0.25) is 0 Å². The van der Waals surface area contributed by atoms with Gasteiger partial charge in [0.1, 0.15) is 16.7 Å². The summed E-state index contributed by atoms with van der Waals surface area (Å²) in [6, 6.07) is 19.7. The lowest BCUT2D eigenvalue weighted by atomic mass is 9.95. The topological polar surface area (TPSA) is 117 Å². The zero-order valence-corrected chi connectivity index (χ0v) is 26.3. The first-order valence-electron chi connectivity index (χ1n) is 15.3. The summed E-state index contributed by atoms with van der Waals surface area (Å²) in [7, 11) is 0. The summed E-state index contributed by atoms with van der Waals surface area (Å²) in [5, 5.41) is 5.99. The number of benzene rings is 3. The van der Waals surface area contributed by atoms with E-state index in [9.17, 15) is 18.8 Å². The maximum atomic E-state index is 14.5. The third kappa shape index (κ3) is 7.75. The van der Waals surface area contributed by atoms with Crippen molar-refractivity contribution in [2.75, 3.05) is 17.2 Å². The second kappa shape index (κ2) is 14.5. The molecule has 3 amide bonds. The number of nitrogens with zero attached hydrogens (tertiary/aromatic N) is 2. The van der Waals surface area contributed by atoms with Crippen LogP contribution in [0.25, 0.3) is 0 Å². The minimum atomic E-state index is -1.17. The highest BCUT2D eigenvalue weighted by atomic mass is 32.1. The number of nitrogen functional groups attached to an aromatic ring is 1. The first-order chi connectivity index (χ1) is 21.7. The molecule has 1 heterocycles. The quantitative estimate of drug-likeness (QED) is 0.191. The number of anilines is 2. The minimum absolute atomic E-state index is 0.0000546. The Hall–Kier alpha value is -4.57. The molecule has 45 heavy (non-hydrogen) atoms. The van der Waals surface area contributed by atoms with Gasteiger partial charge in [0.2, 0.25) is 5.91 Å². The third-order valence-electron chi connectivity index (χ3n) is 8.03. The third-order valence-corrected chi connectivity index (χ3v) is 8.88. The van der Waals surface area contributed by atoms with Gasteiger partial charge in [0, 0.05) is 18.3 Å². The van der Waals surface area contributed by atoms with Crippen molar-refractivity contribution in [2.24, 2.45) is 0 Å².